The summed E-state index contributed by atoms with van der Waals surface area (Å²) in [5.74, 6) is -2.04. The number of nitrogens with one attached hydrogen (secondary N) is 1. The number of carboxylic acid groups (broad SMARTS) is 1. The van der Waals surface area contributed by atoms with Crippen LogP contribution < -0.4 is 16.8 Å². The van der Waals surface area contributed by atoms with Gasteiger partial charge in [-0.05, 0) is 31.0 Å². The minimum absolute atomic E-state index is 0.0115. The van der Waals surface area contributed by atoms with E-state index in [2.05, 4.69) is 10.3 Å². The second-order valence-electron chi connectivity index (χ2n) is 8.34. The topological polar surface area (TPSA) is 154 Å². The highest BCUT2D eigenvalue weighted by molar-refractivity contribution is 8.03. The van der Waals surface area contributed by atoms with Gasteiger partial charge in [-0.25, -0.2) is 9.79 Å². The highest BCUT2D eigenvalue weighted by Crippen LogP contribution is 2.52. The van der Waals surface area contributed by atoms with Crippen molar-refractivity contribution in [3.8, 4) is 0 Å². The Bertz CT molecular complexity index is 957. The van der Waals surface area contributed by atoms with Crippen molar-refractivity contribution in [1.82, 2.24) is 10.2 Å². The Morgan fingerprint density at radius 1 is 1.32 bits per heavy atom. The van der Waals surface area contributed by atoms with Crippen LogP contribution in [0.4, 0.5) is 5.69 Å². The number of guanidine groups is 1. The summed E-state index contributed by atoms with van der Waals surface area (Å²) in [7, 11) is 0. The number of amides is 1. The SMILES string of the molecule is C[C@@H](O)[C@H]1C(=O)N2C(C(=O)O)=C(S[C@@H]3CN[C@@H](c4ccc(N=C(N)N)cc4)C3)[C@H](C)[C@H]12. The number of carboxylic acids is 1. The number of β-lactam (4-membered cyclic amide) rings is 1. The van der Waals surface area contributed by atoms with Gasteiger partial charge < -0.3 is 31.9 Å². The third-order valence-corrected chi connectivity index (χ3v) is 7.76. The summed E-state index contributed by atoms with van der Waals surface area (Å²) in [6, 6.07) is 7.52. The number of hydrogen-bond acceptors (Lipinski definition) is 6. The molecule has 1 aromatic carbocycles. The molecule has 0 saturated carbocycles. The summed E-state index contributed by atoms with van der Waals surface area (Å²) in [5.41, 5.74) is 12.7. The van der Waals surface area contributed by atoms with Crippen molar-refractivity contribution in [2.75, 3.05) is 6.54 Å². The Morgan fingerprint density at radius 3 is 2.58 bits per heavy atom. The zero-order valence-corrected chi connectivity index (χ0v) is 18.2. The molecule has 7 N–H and O–H groups in total. The molecule has 1 aromatic rings. The maximum Gasteiger partial charge on any atom is 0.353 e. The van der Waals surface area contributed by atoms with Gasteiger partial charge in [-0.15, -0.1) is 11.8 Å². The summed E-state index contributed by atoms with van der Waals surface area (Å²) in [6.45, 7) is 4.26. The van der Waals surface area contributed by atoms with Gasteiger partial charge in [-0.1, -0.05) is 19.1 Å². The maximum atomic E-state index is 12.5. The molecule has 0 spiro atoms. The van der Waals surface area contributed by atoms with E-state index in [-0.39, 0.29) is 40.8 Å². The molecule has 0 unspecified atom stereocenters. The van der Waals surface area contributed by atoms with Crippen LogP contribution in [0, 0.1) is 11.8 Å². The van der Waals surface area contributed by atoms with E-state index in [1.807, 2.05) is 31.2 Å². The van der Waals surface area contributed by atoms with Crippen LogP contribution in [0.3, 0.4) is 0 Å². The van der Waals surface area contributed by atoms with E-state index in [0.717, 1.165) is 23.4 Å². The number of carbonyl (C=O) groups excluding carboxylic acids is 1. The third kappa shape index (κ3) is 3.79. The van der Waals surface area contributed by atoms with Crippen LogP contribution in [-0.2, 0) is 9.59 Å². The molecule has 6 atom stereocenters. The molecule has 0 bridgehead atoms. The first-order valence-electron chi connectivity index (χ1n) is 10.3. The van der Waals surface area contributed by atoms with Gasteiger partial charge in [0.15, 0.2) is 5.96 Å². The number of nitrogens with two attached hydrogens (primary N) is 2. The molecule has 2 saturated heterocycles. The number of carbonyl (C=O) groups is 2. The van der Waals surface area contributed by atoms with Crippen molar-refractivity contribution < 1.29 is 19.8 Å². The third-order valence-electron chi connectivity index (χ3n) is 6.25. The zero-order valence-electron chi connectivity index (χ0n) is 17.4. The van der Waals surface area contributed by atoms with E-state index in [1.54, 1.807) is 6.92 Å². The number of thioether (sulfide) groups is 1. The van der Waals surface area contributed by atoms with Gasteiger partial charge in [-0.3, -0.25) is 4.79 Å². The molecule has 3 heterocycles. The number of benzene rings is 1. The summed E-state index contributed by atoms with van der Waals surface area (Å²) < 4.78 is 0. The fourth-order valence-corrected chi connectivity index (χ4v) is 6.31. The van der Waals surface area contributed by atoms with Crippen molar-refractivity contribution in [2.24, 2.45) is 28.3 Å². The smallest absolute Gasteiger partial charge is 0.353 e. The fourth-order valence-electron chi connectivity index (χ4n) is 4.84. The second kappa shape index (κ2) is 8.18. The number of aliphatic hydroxyl groups is 1. The lowest BCUT2D eigenvalue weighted by molar-refractivity contribution is -0.163. The van der Waals surface area contributed by atoms with Gasteiger partial charge in [0.25, 0.3) is 0 Å². The molecule has 0 radical (unpaired) electrons. The molecule has 4 rings (SSSR count). The van der Waals surface area contributed by atoms with E-state index < -0.39 is 18.0 Å². The maximum absolute atomic E-state index is 12.5. The lowest BCUT2D eigenvalue weighted by Gasteiger charge is -2.46. The molecule has 0 aromatic heterocycles. The summed E-state index contributed by atoms with van der Waals surface area (Å²) in [5, 5.41) is 23.4. The van der Waals surface area contributed by atoms with Gasteiger partial charge in [0.1, 0.15) is 5.70 Å². The first kappa shape index (κ1) is 21.7. The number of rotatable bonds is 6. The first-order valence-corrected chi connectivity index (χ1v) is 11.1. The Hall–Kier alpha value is -2.56. The standard InChI is InChI=1S/C21H27N5O4S/c1-9-16-15(10(2)27)19(28)26(16)17(20(29)30)18(9)31-13-7-14(24-8-13)11-3-5-12(6-4-11)25-21(22)23/h3-6,9-10,13-16,24,27H,7-8H2,1-2H3,(H,29,30)(H4,22,23,25)/t9-,10-,13+,14-,15-,16-/m1/s1. The van der Waals surface area contributed by atoms with Crippen LogP contribution >= 0.6 is 11.8 Å². The molecule has 10 heteroatoms. The second-order valence-corrected chi connectivity index (χ2v) is 9.68. The molecule has 31 heavy (non-hydrogen) atoms. The molecule has 3 aliphatic heterocycles. The Labute approximate surface area is 184 Å². The van der Waals surface area contributed by atoms with Gasteiger partial charge in [0, 0.05) is 28.7 Å². The highest BCUT2D eigenvalue weighted by Gasteiger charge is 2.60. The predicted octanol–water partition coefficient (Wildman–Crippen LogP) is 0.881. The Balaban J connectivity index is 1.48. The molecule has 3 aliphatic rings. The molecule has 0 aliphatic carbocycles. The van der Waals surface area contributed by atoms with Gasteiger partial charge in [0.05, 0.1) is 23.8 Å². The van der Waals surface area contributed by atoms with Crippen molar-refractivity contribution >= 4 is 35.3 Å². The average Bonchev–Trinajstić information content (AvgIpc) is 3.24. The number of aliphatic carboxylic acids is 1. The monoisotopic (exact) mass is 445 g/mol. The molecule has 2 fully saturated rings. The lowest BCUT2D eigenvalue weighted by atomic mass is 9.79. The molecular formula is C21H27N5O4S. The van der Waals surface area contributed by atoms with Crippen molar-refractivity contribution in [1.29, 1.82) is 0 Å². The summed E-state index contributed by atoms with van der Waals surface area (Å²) in [4.78, 5) is 30.6. The van der Waals surface area contributed by atoms with E-state index in [1.165, 1.54) is 16.7 Å². The largest absolute Gasteiger partial charge is 0.477 e. The molecule has 9 nitrogen and oxygen atoms in total. The molecule has 166 valence electrons. The number of hydrogen-bond donors (Lipinski definition) is 5. The first-order chi connectivity index (χ1) is 14.7. The quantitative estimate of drug-likeness (QED) is 0.246. The predicted molar refractivity (Wildman–Crippen MR) is 118 cm³/mol. The highest BCUT2D eigenvalue weighted by atomic mass is 32.2. The fraction of sp³-hybridized carbons (Fsp3) is 0.476. The van der Waals surface area contributed by atoms with Crippen molar-refractivity contribution in [3.05, 3.63) is 40.4 Å². The normalized spacial score (nSPS) is 30.7. The average molecular weight is 446 g/mol. The van der Waals surface area contributed by atoms with Crippen LogP contribution in [0.1, 0.15) is 31.9 Å². The van der Waals surface area contributed by atoms with Crippen LogP contribution in [-0.4, -0.2) is 56.9 Å². The number of aliphatic hydroxyl groups excluding tert-OH is 1. The van der Waals surface area contributed by atoms with E-state index in [4.69, 9.17) is 11.5 Å². The lowest BCUT2D eigenvalue weighted by Crippen LogP contribution is -2.63. The van der Waals surface area contributed by atoms with Gasteiger partial charge >= 0.3 is 5.97 Å². The van der Waals surface area contributed by atoms with Crippen LogP contribution in [0.2, 0.25) is 0 Å². The van der Waals surface area contributed by atoms with Gasteiger partial charge in [0.2, 0.25) is 5.91 Å². The van der Waals surface area contributed by atoms with E-state index in [0.29, 0.717) is 5.69 Å². The number of fused-ring (bicyclic) bond motifs is 1. The van der Waals surface area contributed by atoms with Crippen LogP contribution in [0.15, 0.2) is 39.9 Å². The van der Waals surface area contributed by atoms with Crippen LogP contribution in [0.25, 0.3) is 0 Å². The minimum Gasteiger partial charge on any atom is -0.477 e. The van der Waals surface area contributed by atoms with Crippen molar-refractivity contribution in [3.63, 3.8) is 0 Å². The number of aliphatic imine (C=N–C) groups is 1. The Kier molecular flexibility index (Phi) is 5.71. The summed E-state index contributed by atoms with van der Waals surface area (Å²) >= 11 is 1.54. The van der Waals surface area contributed by atoms with Crippen LogP contribution in [0.5, 0.6) is 0 Å². The molecular weight excluding hydrogens is 418 g/mol. The van der Waals surface area contributed by atoms with E-state index in [9.17, 15) is 19.8 Å². The number of nitrogens with zero attached hydrogens (tertiary/aromatic N) is 2. The van der Waals surface area contributed by atoms with Gasteiger partial charge in [-0.2, -0.15) is 0 Å². The summed E-state index contributed by atoms with van der Waals surface area (Å²) in [6.07, 6.45) is 0.0310. The zero-order chi connectivity index (χ0) is 22.4. The Morgan fingerprint density at radius 2 is 2.00 bits per heavy atom. The minimum atomic E-state index is -1.09. The molecule has 1 amide bonds. The van der Waals surface area contributed by atoms with Crippen molar-refractivity contribution in [2.45, 2.75) is 43.7 Å². The van der Waals surface area contributed by atoms with E-state index >= 15 is 0 Å².